The Hall–Kier alpha value is -7.63. The molecule has 0 saturated carbocycles. The molecule has 11 aromatic rings. The van der Waals surface area contributed by atoms with E-state index in [9.17, 15) is 0 Å². The second-order valence-corrected chi connectivity index (χ2v) is 14.2. The molecule has 0 N–H and O–H groups in total. The Balaban J connectivity index is 1.20. The normalized spacial score (nSPS) is 11.6. The van der Waals surface area contributed by atoms with Gasteiger partial charge in [0, 0.05) is 44.0 Å². The second kappa shape index (κ2) is 12.8. The zero-order chi connectivity index (χ0) is 37.2. The summed E-state index contributed by atoms with van der Waals surface area (Å²) in [5.74, 6) is 0. The van der Waals surface area contributed by atoms with Crippen LogP contribution in [0.5, 0.6) is 0 Å². The predicted molar refractivity (Wildman–Crippen MR) is 231 cm³/mol. The van der Waals surface area contributed by atoms with Crippen molar-refractivity contribution >= 4 is 43.6 Å². The molecule has 0 atom stereocenters. The van der Waals surface area contributed by atoms with Crippen LogP contribution in [0.15, 0.2) is 211 Å². The van der Waals surface area contributed by atoms with E-state index >= 15 is 4.79 Å². The van der Waals surface area contributed by atoms with Crippen LogP contribution in [-0.2, 0) is 0 Å². The van der Waals surface area contributed by atoms with E-state index in [1.54, 1.807) is 0 Å². The van der Waals surface area contributed by atoms with Crippen LogP contribution in [0.25, 0.3) is 88.9 Å². The maximum atomic E-state index is 15.5. The van der Waals surface area contributed by atoms with Crippen molar-refractivity contribution in [3.63, 3.8) is 0 Å². The van der Waals surface area contributed by atoms with Gasteiger partial charge in [0.1, 0.15) is 0 Å². The van der Waals surface area contributed by atoms with Gasteiger partial charge >= 0.3 is 5.69 Å². The van der Waals surface area contributed by atoms with Crippen LogP contribution in [0.4, 0.5) is 0 Å². The quantitative estimate of drug-likeness (QED) is 0.169. The highest BCUT2D eigenvalue weighted by Crippen LogP contribution is 2.38. The molecule has 8 aromatic carbocycles. The first-order valence-electron chi connectivity index (χ1n) is 18.9. The summed E-state index contributed by atoms with van der Waals surface area (Å²) in [6.07, 6.45) is 0. The molecule has 0 aliphatic carbocycles. The van der Waals surface area contributed by atoms with E-state index in [1.807, 2.05) is 57.7 Å². The Morgan fingerprint density at radius 3 is 0.893 bits per heavy atom. The van der Waals surface area contributed by atoms with Gasteiger partial charge in [-0.3, -0.25) is 9.13 Å². The topological polar surface area (TPSA) is 36.8 Å². The summed E-state index contributed by atoms with van der Waals surface area (Å²) >= 11 is 0. The number of fused-ring (bicyclic) bond motifs is 6. The predicted octanol–water partition coefficient (Wildman–Crippen LogP) is 12.2. The third kappa shape index (κ3) is 4.84. The van der Waals surface area contributed by atoms with Gasteiger partial charge in [-0.1, -0.05) is 146 Å². The van der Waals surface area contributed by atoms with Gasteiger partial charge in [-0.2, -0.15) is 0 Å². The number of benzene rings is 8. The number of rotatable bonds is 6. The van der Waals surface area contributed by atoms with Crippen LogP contribution < -0.4 is 5.69 Å². The number of nitrogens with zero attached hydrogens (tertiary/aromatic N) is 4. The van der Waals surface area contributed by atoms with Crippen LogP contribution >= 0.6 is 0 Å². The second-order valence-electron chi connectivity index (χ2n) is 14.2. The van der Waals surface area contributed by atoms with Crippen molar-refractivity contribution in [1.29, 1.82) is 0 Å². The van der Waals surface area contributed by atoms with Crippen LogP contribution in [-0.4, -0.2) is 18.3 Å². The summed E-state index contributed by atoms with van der Waals surface area (Å²) in [5.41, 5.74) is 11.4. The molecule has 0 saturated heterocycles. The minimum absolute atomic E-state index is 0.151. The summed E-state index contributed by atoms with van der Waals surface area (Å²) in [5, 5.41) is 4.76. The Kier molecular flexibility index (Phi) is 7.25. The zero-order valence-corrected chi connectivity index (χ0v) is 30.3. The van der Waals surface area contributed by atoms with E-state index in [-0.39, 0.29) is 5.69 Å². The first-order chi connectivity index (χ1) is 27.7. The minimum atomic E-state index is -0.151. The monoisotopic (exact) mass is 718 g/mol. The number of hydrogen-bond acceptors (Lipinski definition) is 1. The molecule has 0 aliphatic heterocycles. The molecule has 0 spiro atoms. The SMILES string of the molecule is O=c1n(-c2cccc(-n3c4ccccc4c4ccccc43)c2)c(-c2ccccc2)c(-c2ccccc2)n1-c1cccc(-n2c3ccccc3c3ccccc32)c1. The van der Waals surface area contributed by atoms with Crippen LogP contribution in [0.2, 0.25) is 0 Å². The highest BCUT2D eigenvalue weighted by molar-refractivity contribution is 6.10. The summed E-state index contributed by atoms with van der Waals surface area (Å²) in [7, 11) is 0. The maximum Gasteiger partial charge on any atom is 0.338 e. The van der Waals surface area contributed by atoms with Crippen molar-refractivity contribution in [3.8, 4) is 45.3 Å². The zero-order valence-electron chi connectivity index (χ0n) is 30.3. The lowest BCUT2D eigenvalue weighted by atomic mass is 10.0. The van der Waals surface area contributed by atoms with Crippen molar-refractivity contribution < 1.29 is 0 Å². The molecule has 3 aromatic heterocycles. The van der Waals surface area contributed by atoms with Crippen molar-refractivity contribution in [2.45, 2.75) is 0 Å². The molecule has 0 unspecified atom stereocenters. The van der Waals surface area contributed by atoms with Gasteiger partial charge in [0.15, 0.2) is 0 Å². The number of hydrogen-bond donors (Lipinski definition) is 0. The Labute approximate surface area is 322 Å². The molecular weight excluding hydrogens is 685 g/mol. The molecule has 11 rings (SSSR count). The van der Waals surface area contributed by atoms with E-state index in [0.717, 1.165) is 67.3 Å². The summed E-state index contributed by atoms with van der Waals surface area (Å²) < 4.78 is 8.38. The number of aromatic nitrogens is 4. The lowest BCUT2D eigenvalue weighted by Crippen LogP contribution is -2.23. The molecule has 0 amide bonds. The van der Waals surface area contributed by atoms with Crippen molar-refractivity contribution in [2.24, 2.45) is 0 Å². The first kappa shape index (κ1) is 31.9. The molecule has 56 heavy (non-hydrogen) atoms. The smallest absolute Gasteiger partial charge is 0.309 e. The van der Waals surface area contributed by atoms with Gasteiger partial charge in [-0.25, -0.2) is 4.79 Å². The van der Waals surface area contributed by atoms with E-state index < -0.39 is 0 Å². The molecule has 5 nitrogen and oxygen atoms in total. The number of para-hydroxylation sites is 4. The molecule has 0 bridgehead atoms. The fraction of sp³-hybridized carbons (Fsp3) is 0. The summed E-state index contributed by atoms with van der Waals surface area (Å²) in [6.45, 7) is 0. The van der Waals surface area contributed by atoms with Crippen molar-refractivity contribution in [2.75, 3.05) is 0 Å². The average Bonchev–Trinajstić information content (AvgIpc) is 3.90. The standard InChI is InChI=1S/C51H34N4O/c56-51-54(39-23-15-21-37(33-39)52-45-29-11-7-25-41(45)42-26-8-12-30-46(42)52)49(35-17-3-1-4-18-35)50(36-19-5-2-6-20-36)55(51)40-24-16-22-38(34-40)53-47-31-13-9-27-43(47)44-28-10-14-32-48(44)53/h1-34H. The van der Waals surface area contributed by atoms with Crippen LogP contribution in [0.1, 0.15) is 0 Å². The Bertz CT molecular complexity index is 3000. The molecular formula is C51H34N4O. The largest absolute Gasteiger partial charge is 0.338 e. The third-order valence-electron chi connectivity index (χ3n) is 11.0. The maximum absolute atomic E-state index is 15.5. The van der Waals surface area contributed by atoms with Gasteiger partial charge in [0.25, 0.3) is 0 Å². The van der Waals surface area contributed by atoms with Crippen molar-refractivity contribution in [1.82, 2.24) is 18.3 Å². The van der Waals surface area contributed by atoms with E-state index in [0.29, 0.717) is 0 Å². The summed E-state index contributed by atoms with van der Waals surface area (Å²) in [4.78, 5) is 15.5. The van der Waals surface area contributed by atoms with Gasteiger partial charge in [-0.15, -0.1) is 0 Å². The van der Waals surface area contributed by atoms with Crippen molar-refractivity contribution in [3.05, 3.63) is 217 Å². The molecule has 264 valence electrons. The van der Waals surface area contributed by atoms with Gasteiger partial charge in [0.2, 0.25) is 0 Å². The molecule has 0 fully saturated rings. The van der Waals surface area contributed by atoms with E-state index in [4.69, 9.17) is 0 Å². The minimum Gasteiger partial charge on any atom is -0.309 e. The number of imidazole rings is 1. The Morgan fingerprint density at radius 2 is 0.554 bits per heavy atom. The fourth-order valence-electron chi connectivity index (χ4n) is 8.65. The highest BCUT2D eigenvalue weighted by Gasteiger charge is 2.26. The van der Waals surface area contributed by atoms with Gasteiger partial charge in [0.05, 0.1) is 44.8 Å². The lowest BCUT2D eigenvalue weighted by Gasteiger charge is -2.14. The van der Waals surface area contributed by atoms with Gasteiger partial charge < -0.3 is 9.13 Å². The molecule has 5 heteroatoms. The Morgan fingerprint density at radius 1 is 0.268 bits per heavy atom. The third-order valence-corrected chi connectivity index (χ3v) is 11.0. The molecule has 0 aliphatic rings. The fourth-order valence-corrected chi connectivity index (χ4v) is 8.65. The molecule has 3 heterocycles. The lowest BCUT2D eigenvalue weighted by molar-refractivity contribution is 0.911. The van der Waals surface area contributed by atoms with Crippen LogP contribution in [0.3, 0.4) is 0 Å². The average molecular weight is 719 g/mol. The van der Waals surface area contributed by atoms with Gasteiger partial charge in [-0.05, 0) is 60.7 Å². The van der Waals surface area contributed by atoms with E-state index in [2.05, 4.69) is 167 Å². The molecule has 0 radical (unpaired) electrons. The summed E-state index contributed by atoms with van der Waals surface area (Å²) in [6, 6.07) is 71.3. The van der Waals surface area contributed by atoms with Crippen LogP contribution in [0, 0.1) is 0 Å². The van der Waals surface area contributed by atoms with E-state index in [1.165, 1.54) is 21.5 Å². The highest BCUT2D eigenvalue weighted by atomic mass is 16.1. The first-order valence-corrected chi connectivity index (χ1v) is 18.9.